The summed E-state index contributed by atoms with van der Waals surface area (Å²) in [5, 5.41) is 10.6. The van der Waals surface area contributed by atoms with Crippen LogP contribution in [-0.2, 0) is 7.05 Å². The maximum Gasteiger partial charge on any atom is 0.255 e. The fourth-order valence-electron chi connectivity index (χ4n) is 3.13. The summed E-state index contributed by atoms with van der Waals surface area (Å²) in [6.07, 6.45) is 1.85. The largest absolute Gasteiger partial charge is 0.350 e. The molecule has 0 saturated carbocycles. The summed E-state index contributed by atoms with van der Waals surface area (Å²) in [6.45, 7) is 4.39. The van der Waals surface area contributed by atoms with E-state index in [1.165, 1.54) is 0 Å². The van der Waals surface area contributed by atoms with E-state index in [0.717, 1.165) is 16.6 Å². The number of nitrogens with one attached hydrogen (secondary N) is 2. The van der Waals surface area contributed by atoms with Crippen molar-refractivity contribution in [2.24, 2.45) is 7.05 Å². The van der Waals surface area contributed by atoms with Gasteiger partial charge in [-0.3, -0.25) is 14.7 Å². The number of hydrogen-bond acceptors (Lipinski definition) is 3. The predicted molar refractivity (Wildman–Crippen MR) is 100 cm³/mol. The summed E-state index contributed by atoms with van der Waals surface area (Å²) in [4.78, 5) is 26.7. The lowest BCUT2D eigenvalue weighted by Gasteiger charge is -2.17. The Morgan fingerprint density at radius 1 is 1.27 bits per heavy atom. The van der Waals surface area contributed by atoms with Crippen molar-refractivity contribution in [2.45, 2.75) is 13.8 Å². The van der Waals surface area contributed by atoms with Crippen molar-refractivity contribution in [1.29, 1.82) is 0 Å². The van der Waals surface area contributed by atoms with Crippen LogP contribution in [-0.4, -0.2) is 51.6 Å². The molecule has 0 fully saturated rings. The molecule has 136 valence electrons. The third-order valence-electron chi connectivity index (χ3n) is 4.56. The van der Waals surface area contributed by atoms with Crippen molar-refractivity contribution in [2.75, 3.05) is 20.1 Å². The fraction of sp³-hybridized carbons (Fsp3) is 0.316. The van der Waals surface area contributed by atoms with Crippen LogP contribution < -0.4 is 5.32 Å². The first-order valence-electron chi connectivity index (χ1n) is 8.49. The van der Waals surface area contributed by atoms with E-state index in [-0.39, 0.29) is 11.8 Å². The fourth-order valence-corrected chi connectivity index (χ4v) is 3.13. The Morgan fingerprint density at radius 2 is 2.00 bits per heavy atom. The summed E-state index contributed by atoms with van der Waals surface area (Å²) in [6, 6.07) is 7.81. The summed E-state index contributed by atoms with van der Waals surface area (Å²) in [5.74, 6) is -0.244. The molecule has 26 heavy (non-hydrogen) atoms. The number of fused-ring (bicyclic) bond motifs is 1. The minimum absolute atomic E-state index is 0.0632. The minimum Gasteiger partial charge on any atom is -0.350 e. The van der Waals surface area contributed by atoms with Crippen LogP contribution in [0.1, 0.15) is 32.1 Å². The van der Waals surface area contributed by atoms with Crippen molar-refractivity contribution in [3.05, 3.63) is 53.0 Å². The van der Waals surface area contributed by atoms with Gasteiger partial charge in [0.2, 0.25) is 0 Å². The molecule has 7 heteroatoms. The number of benzene rings is 1. The van der Waals surface area contributed by atoms with Crippen LogP contribution >= 0.6 is 0 Å². The van der Waals surface area contributed by atoms with Crippen molar-refractivity contribution in [3.63, 3.8) is 0 Å². The molecule has 0 saturated heterocycles. The number of H-pyrrole nitrogens is 1. The Balaban J connectivity index is 1.64. The zero-order chi connectivity index (χ0) is 18.8. The van der Waals surface area contributed by atoms with Gasteiger partial charge < -0.3 is 14.8 Å². The van der Waals surface area contributed by atoms with Gasteiger partial charge in [-0.05, 0) is 19.9 Å². The van der Waals surface area contributed by atoms with E-state index >= 15 is 0 Å². The van der Waals surface area contributed by atoms with E-state index in [2.05, 4.69) is 15.5 Å². The van der Waals surface area contributed by atoms with Crippen molar-refractivity contribution < 1.29 is 9.59 Å². The van der Waals surface area contributed by atoms with E-state index in [1.54, 1.807) is 18.9 Å². The van der Waals surface area contributed by atoms with Crippen molar-refractivity contribution >= 4 is 22.7 Å². The number of rotatable bonds is 5. The van der Waals surface area contributed by atoms with Gasteiger partial charge in [-0.2, -0.15) is 5.10 Å². The molecule has 0 aliphatic rings. The smallest absolute Gasteiger partial charge is 0.255 e. The number of aromatic amines is 1. The molecule has 0 spiro atoms. The number of likely N-dealkylation sites (N-methyl/N-ethyl adjacent to an activating group) is 1. The van der Waals surface area contributed by atoms with Gasteiger partial charge in [0.05, 0.1) is 16.8 Å². The summed E-state index contributed by atoms with van der Waals surface area (Å²) < 4.78 is 1.95. The molecular formula is C19H23N5O2. The molecule has 2 amide bonds. The first-order chi connectivity index (χ1) is 12.4. The van der Waals surface area contributed by atoms with Crippen LogP contribution in [0.5, 0.6) is 0 Å². The molecule has 3 aromatic rings. The third-order valence-corrected chi connectivity index (χ3v) is 4.56. The van der Waals surface area contributed by atoms with E-state index < -0.39 is 0 Å². The molecule has 0 atom stereocenters. The van der Waals surface area contributed by atoms with Crippen molar-refractivity contribution in [3.8, 4) is 0 Å². The zero-order valence-corrected chi connectivity index (χ0v) is 15.5. The van der Waals surface area contributed by atoms with Gasteiger partial charge in [-0.1, -0.05) is 18.2 Å². The molecule has 3 rings (SSSR count). The number of nitrogens with zero attached hydrogens (tertiary/aromatic N) is 3. The van der Waals surface area contributed by atoms with E-state index in [4.69, 9.17) is 0 Å². The zero-order valence-electron chi connectivity index (χ0n) is 15.5. The van der Waals surface area contributed by atoms with Gasteiger partial charge in [-0.15, -0.1) is 0 Å². The SMILES string of the molecule is Cc1n[nH]c(C)c1C(=O)NCCN(C)C(=O)c1cn(C)c2ccccc12. The Labute approximate surface area is 152 Å². The first-order valence-corrected chi connectivity index (χ1v) is 8.49. The number of aryl methyl sites for hydroxylation is 3. The number of carbonyl (C=O) groups excluding carboxylic acids is 2. The maximum absolute atomic E-state index is 12.8. The molecule has 7 nitrogen and oxygen atoms in total. The number of para-hydroxylation sites is 1. The molecule has 0 unspecified atom stereocenters. The average molecular weight is 353 g/mol. The first kappa shape index (κ1) is 17.7. The highest BCUT2D eigenvalue weighted by Crippen LogP contribution is 2.21. The summed E-state index contributed by atoms with van der Waals surface area (Å²) >= 11 is 0. The second-order valence-corrected chi connectivity index (χ2v) is 6.46. The van der Waals surface area contributed by atoms with E-state index in [0.29, 0.717) is 29.9 Å². The summed E-state index contributed by atoms with van der Waals surface area (Å²) in [7, 11) is 3.67. The molecule has 0 aliphatic carbocycles. The van der Waals surface area contributed by atoms with Gasteiger partial charge in [0.1, 0.15) is 0 Å². The lowest BCUT2D eigenvalue weighted by atomic mass is 10.1. The van der Waals surface area contributed by atoms with Gasteiger partial charge >= 0.3 is 0 Å². The third kappa shape index (κ3) is 3.20. The summed E-state index contributed by atoms with van der Waals surface area (Å²) in [5.41, 5.74) is 3.65. The highest BCUT2D eigenvalue weighted by Gasteiger charge is 2.18. The van der Waals surface area contributed by atoms with Crippen LogP contribution in [0.3, 0.4) is 0 Å². The van der Waals surface area contributed by atoms with Crippen LogP contribution in [0.2, 0.25) is 0 Å². The molecule has 2 N–H and O–H groups in total. The Morgan fingerprint density at radius 3 is 2.69 bits per heavy atom. The highest BCUT2D eigenvalue weighted by molar-refractivity contribution is 6.06. The van der Waals surface area contributed by atoms with Gasteiger partial charge in [0.25, 0.3) is 11.8 Å². The number of hydrogen-bond donors (Lipinski definition) is 2. The van der Waals surface area contributed by atoms with E-state index in [1.807, 2.05) is 49.0 Å². The minimum atomic E-state index is -0.181. The average Bonchev–Trinajstić information content (AvgIpc) is 3.14. The maximum atomic E-state index is 12.8. The second kappa shape index (κ2) is 7.03. The molecule has 2 aromatic heterocycles. The van der Waals surface area contributed by atoms with Crippen molar-refractivity contribution in [1.82, 2.24) is 25.0 Å². The molecule has 0 bridgehead atoms. The molecule has 1 aromatic carbocycles. The predicted octanol–water partition coefficient (Wildman–Crippen LogP) is 2.02. The number of amides is 2. The van der Waals surface area contributed by atoms with Crippen LogP contribution in [0.15, 0.2) is 30.5 Å². The Hall–Kier alpha value is -3.09. The molecule has 2 heterocycles. The number of aromatic nitrogens is 3. The highest BCUT2D eigenvalue weighted by atomic mass is 16.2. The lowest BCUT2D eigenvalue weighted by molar-refractivity contribution is 0.0788. The van der Waals surface area contributed by atoms with Crippen LogP contribution in [0.25, 0.3) is 10.9 Å². The molecule has 0 radical (unpaired) electrons. The standard InChI is InChI=1S/C19H23N5O2/c1-12-17(13(2)22-21-12)18(25)20-9-10-23(3)19(26)15-11-24(4)16-8-6-5-7-14(15)16/h5-8,11H,9-10H2,1-4H3,(H,20,25)(H,21,22). The normalized spacial score (nSPS) is 10.9. The topological polar surface area (TPSA) is 83.0 Å². The quantitative estimate of drug-likeness (QED) is 0.736. The van der Waals surface area contributed by atoms with Gasteiger partial charge in [0, 0.05) is 50.0 Å². The Kier molecular flexibility index (Phi) is 4.79. The molecular weight excluding hydrogens is 330 g/mol. The van der Waals surface area contributed by atoms with Gasteiger partial charge in [-0.25, -0.2) is 0 Å². The van der Waals surface area contributed by atoms with E-state index in [9.17, 15) is 9.59 Å². The van der Waals surface area contributed by atoms with Crippen LogP contribution in [0.4, 0.5) is 0 Å². The lowest BCUT2D eigenvalue weighted by Crippen LogP contribution is -2.36. The monoisotopic (exact) mass is 353 g/mol. The Bertz CT molecular complexity index is 950. The van der Waals surface area contributed by atoms with Gasteiger partial charge in [0.15, 0.2) is 0 Å². The second-order valence-electron chi connectivity index (χ2n) is 6.46. The molecule has 0 aliphatic heterocycles. The van der Waals surface area contributed by atoms with Crippen LogP contribution in [0, 0.1) is 13.8 Å². The number of carbonyl (C=O) groups is 2.